The van der Waals surface area contributed by atoms with Gasteiger partial charge in [-0.1, -0.05) is 0 Å². The predicted octanol–water partition coefficient (Wildman–Crippen LogP) is -0.211. The smallest absolute Gasteiger partial charge is 0.304 e. The summed E-state index contributed by atoms with van der Waals surface area (Å²) in [5, 5.41) is 17.0. The van der Waals surface area contributed by atoms with E-state index in [-0.39, 0.29) is 6.42 Å². The molecule has 22 heavy (non-hydrogen) atoms. The van der Waals surface area contributed by atoms with Gasteiger partial charge in [-0.3, -0.25) is 14.5 Å². The molecule has 3 N–H and O–H groups in total. The Hall–Kier alpha value is -2.22. The average Bonchev–Trinajstić information content (AvgIpc) is 2.48. The first kappa shape index (κ1) is 16.2. The number of aromatic nitrogens is 2. The molecule has 2 heterocycles. The van der Waals surface area contributed by atoms with Crippen molar-refractivity contribution >= 4 is 17.7 Å². The fourth-order valence-corrected chi connectivity index (χ4v) is 2.55. The highest BCUT2D eigenvalue weighted by Crippen LogP contribution is 2.22. The topological polar surface area (TPSA) is 113 Å². The number of piperazine rings is 1. The number of rotatable bonds is 5. The molecule has 1 aromatic heterocycles. The molecular weight excluding hydrogens is 286 g/mol. The summed E-state index contributed by atoms with van der Waals surface area (Å²) in [5.41, 5.74) is 7.36. The van der Waals surface area contributed by atoms with Crippen LogP contribution in [0.1, 0.15) is 28.0 Å². The van der Waals surface area contributed by atoms with E-state index in [1.54, 1.807) is 6.92 Å². The molecule has 120 valence electrons. The van der Waals surface area contributed by atoms with Crippen LogP contribution in [0, 0.1) is 13.8 Å². The molecule has 8 nitrogen and oxygen atoms in total. The van der Waals surface area contributed by atoms with Gasteiger partial charge in [0.15, 0.2) is 5.82 Å². The van der Waals surface area contributed by atoms with Gasteiger partial charge in [-0.2, -0.15) is 5.10 Å². The first-order chi connectivity index (χ1) is 10.4. The van der Waals surface area contributed by atoms with Crippen LogP contribution < -0.4 is 10.6 Å². The van der Waals surface area contributed by atoms with Crippen molar-refractivity contribution in [2.24, 2.45) is 5.73 Å². The largest absolute Gasteiger partial charge is 0.481 e. The van der Waals surface area contributed by atoms with Gasteiger partial charge < -0.3 is 15.7 Å². The van der Waals surface area contributed by atoms with Crippen LogP contribution in [0.3, 0.4) is 0 Å². The van der Waals surface area contributed by atoms with Gasteiger partial charge in [-0.25, -0.2) is 0 Å². The van der Waals surface area contributed by atoms with Crippen LogP contribution in [0.4, 0.5) is 5.82 Å². The van der Waals surface area contributed by atoms with Gasteiger partial charge in [-0.05, 0) is 19.4 Å². The molecule has 0 saturated carbocycles. The average molecular weight is 307 g/mol. The first-order valence-corrected chi connectivity index (χ1v) is 7.23. The van der Waals surface area contributed by atoms with E-state index in [1.165, 1.54) is 0 Å². The zero-order valence-electron chi connectivity index (χ0n) is 12.9. The lowest BCUT2D eigenvalue weighted by molar-refractivity contribution is -0.137. The van der Waals surface area contributed by atoms with Crippen LogP contribution >= 0.6 is 0 Å². The molecule has 1 aliphatic heterocycles. The molecule has 0 spiro atoms. The lowest BCUT2D eigenvalue weighted by Crippen LogP contribution is -2.48. The van der Waals surface area contributed by atoms with Crippen LogP contribution in [0.5, 0.6) is 0 Å². The van der Waals surface area contributed by atoms with Crippen molar-refractivity contribution in [2.75, 3.05) is 37.6 Å². The Morgan fingerprint density at radius 1 is 1.18 bits per heavy atom. The molecule has 0 radical (unpaired) electrons. The minimum absolute atomic E-state index is 0.135. The highest BCUT2D eigenvalue weighted by atomic mass is 16.4. The summed E-state index contributed by atoms with van der Waals surface area (Å²) in [7, 11) is 0. The first-order valence-electron chi connectivity index (χ1n) is 7.23. The van der Waals surface area contributed by atoms with E-state index >= 15 is 0 Å². The van der Waals surface area contributed by atoms with E-state index in [4.69, 9.17) is 10.8 Å². The van der Waals surface area contributed by atoms with Crippen molar-refractivity contribution in [1.82, 2.24) is 15.1 Å². The van der Waals surface area contributed by atoms with Crippen molar-refractivity contribution < 1.29 is 14.7 Å². The third-order valence-corrected chi connectivity index (χ3v) is 4.00. The molecular formula is C14H21N5O3. The second kappa shape index (κ2) is 6.69. The van der Waals surface area contributed by atoms with Crippen molar-refractivity contribution in [3.63, 3.8) is 0 Å². The van der Waals surface area contributed by atoms with Crippen LogP contribution in [0.25, 0.3) is 0 Å². The van der Waals surface area contributed by atoms with Gasteiger partial charge in [0.2, 0.25) is 0 Å². The van der Waals surface area contributed by atoms with E-state index in [2.05, 4.69) is 15.1 Å². The minimum atomic E-state index is -0.793. The number of amides is 1. The lowest BCUT2D eigenvalue weighted by atomic mass is 10.1. The molecule has 0 bridgehead atoms. The van der Waals surface area contributed by atoms with Gasteiger partial charge >= 0.3 is 5.97 Å². The number of hydrogen-bond donors (Lipinski definition) is 2. The maximum atomic E-state index is 11.7. The molecule has 8 heteroatoms. The van der Waals surface area contributed by atoms with Gasteiger partial charge in [0.1, 0.15) is 0 Å². The Balaban J connectivity index is 2.10. The molecule has 1 saturated heterocycles. The zero-order valence-corrected chi connectivity index (χ0v) is 12.9. The highest BCUT2D eigenvalue weighted by molar-refractivity contribution is 5.99. The van der Waals surface area contributed by atoms with Gasteiger partial charge in [0.05, 0.1) is 17.7 Å². The number of carboxylic acid groups (broad SMARTS) is 1. The maximum Gasteiger partial charge on any atom is 0.304 e. The van der Waals surface area contributed by atoms with E-state index < -0.39 is 11.9 Å². The van der Waals surface area contributed by atoms with Crippen LogP contribution in [-0.2, 0) is 4.79 Å². The highest BCUT2D eigenvalue weighted by Gasteiger charge is 2.24. The monoisotopic (exact) mass is 307 g/mol. The number of nitrogens with zero attached hydrogens (tertiary/aromatic N) is 4. The predicted molar refractivity (Wildman–Crippen MR) is 80.9 cm³/mol. The van der Waals surface area contributed by atoms with Crippen molar-refractivity contribution in [1.29, 1.82) is 0 Å². The van der Waals surface area contributed by atoms with E-state index in [9.17, 15) is 9.59 Å². The Kier molecular flexibility index (Phi) is 4.92. The van der Waals surface area contributed by atoms with Crippen LogP contribution in [0.2, 0.25) is 0 Å². The molecule has 0 unspecified atom stereocenters. The summed E-state index contributed by atoms with van der Waals surface area (Å²) in [5.74, 6) is -0.772. The normalized spacial score (nSPS) is 15.8. The molecule has 1 fully saturated rings. The third-order valence-electron chi connectivity index (χ3n) is 4.00. The van der Waals surface area contributed by atoms with Gasteiger partial charge in [0.25, 0.3) is 5.91 Å². The SMILES string of the molecule is Cc1nnc(N2CCN(CCC(=O)O)CC2)c(C(N)=O)c1C. The summed E-state index contributed by atoms with van der Waals surface area (Å²) in [6.45, 7) is 6.91. The molecule has 0 atom stereocenters. The van der Waals surface area contributed by atoms with E-state index in [0.717, 1.165) is 18.7 Å². The van der Waals surface area contributed by atoms with Crippen molar-refractivity contribution in [3.05, 3.63) is 16.8 Å². The van der Waals surface area contributed by atoms with E-state index in [0.29, 0.717) is 36.7 Å². The summed E-state index contributed by atoms with van der Waals surface area (Å²) in [6.07, 6.45) is 0.135. The van der Waals surface area contributed by atoms with Crippen molar-refractivity contribution in [2.45, 2.75) is 20.3 Å². The van der Waals surface area contributed by atoms with Gasteiger partial charge in [-0.15, -0.1) is 5.10 Å². The number of carboxylic acids is 1. The van der Waals surface area contributed by atoms with Crippen LogP contribution in [0.15, 0.2) is 0 Å². The van der Waals surface area contributed by atoms with Crippen molar-refractivity contribution in [3.8, 4) is 0 Å². The minimum Gasteiger partial charge on any atom is -0.481 e. The number of carbonyl (C=O) groups is 2. The number of primary amides is 1. The number of hydrogen-bond acceptors (Lipinski definition) is 6. The lowest BCUT2D eigenvalue weighted by Gasteiger charge is -2.35. The molecule has 2 rings (SSSR count). The standard InChI is InChI=1S/C14H21N5O3/c1-9-10(2)16-17-14(12(9)13(15)22)19-7-5-18(6-8-19)4-3-11(20)21/h3-8H2,1-2H3,(H2,15,22)(H,20,21). The second-order valence-corrected chi connectivity index (χ2v) is 5.45. The number of carbonyl (C=O) groups excluding carboxylic acids is 1. The van der Waals surface area contributed by atoms with Crippen LogP contribution in [-0.4, -0.2) is 64.8 Å². The third kappa shape index (κ3) is 3.51. The quantitative estimate of drug-likeness (QED) is 0.773. The fraction of sp³-hybridized carbons (Fsp3) is 0.571. The maximum absolute atomic E-state index is 11.7. The van der Waals surface area contributed by atoms with E-state index in [1.807, 2.05) is 11.8 Å². The second-order valence-electron chi connectivity index (χ2n) is 5.45. The van der Waals surface area contributed by atoms with Gasteiger partial charge in [0, 0.05) is 32.7 Å². The zero-order chi connectivity index (χ0) is 16.3. The molecule has 1 amide bonds. The Morgan fingerprint density at radius 2 is 1.82 bits per heavy atom. The number of aliphatic carboxylic acids is 1. The summed E-state index contributed by atoms with van der Waals surface area (Å²) in [6, 6.07) is 0. The Bertz CT molecular complexity index is 582. The fourth-order valence-electron chi connectivity index (χ4n) is 2.55. The molecule has 0 aromatic carbocycles. The number of anilines is 1. The molecule has 0 aliphatic carbocycles. The summed E-state index contributed by atoms with van der Waals surface area (Å²) in [4.78, 5) is 26.4. The summed E-state index contributed by atoms with van der Waals surface area (Å²) >= 11 is 0. The number of aryl methyl sites for hydroxylation is 1. The Morgan fingerprint density at radius 3 is 2.36 bits per heavy atom. The Labute approximate surface area is 128 Å². The molecule has 1 aliphatic rings. The number of nitrogens with two attached hydrogens (primary N) is 1. The molecule has 1 aromatic rings. The summed E-state index contributed by atoms with van der Waals surface area (Å²) < 4.78 is 0.